The number of nitrogens with zero attached hydrogens (tertiary/aromatic N) is 3. The van der Waals surface area contributed by atoms with Gasteiger partial charge in [0.05, 0.1) is 11.8 Å². The molecule has 0 N–H and O–H groups in total. The molecule has 1 atom stereocenters. The van der Waals surface area contributed by atoms with Crippen LogP contribution >= 0.6 is 0 Å². The van der Waals surface area contributed by atoms with E-state index in [9.17, 15) is 0 Å². The highest BCUT2D eigenvalue weighted by Gasteiger charge is 2.30. The number of ether oxygens (including phenoxy) is 1. The van der Waals surface area contributed by atoms with Crippen LogP contribution in [0.15, 0.2) is 54.7 Å². The van der Waals surface area contributed by atoms with Gasteiger partial charge in [-0.3, -0.25) is 0 Å². The minimum Gasteiger partial charge on any atom is -0.362 e. The monoisotopic (exact) mass is 429 g/mol. The molecule has 0 bridgehead atoms. The highest BCUT2D eigenvalue weighted by Crippen LogP contribution is 2.35. The van der Waals surface area contributed by atoms with E-state index in [-0.39, 0.29) is 12.2 Å². The van der Waals surface area contributed by atoms with Crippen LogP contribution in [0, 0.1) is 0 Å². The Labute approximate surface area is 192 Å². The number of hydrogen-bond donors (Lipinski definition) is 0. The molecule has 168 valence electrons. The second kappa shape index (κ2) is 9.60. The second-order valence-corrected chi connectivity index (χ2v) is 9.45. The van der Waals surface area contributed by atoms with Gasteiger partial charge in [0.15, 0.2) is 0 Å². The van der Waals surface area contributed by atoms with Gasteiger partial charge >= 0.3 is 0 Å². The molecule has 32 heavy (non-hydrogen) atoms. The summed E-state index contributed by atoms with van der Waals surface area (Å²) >= 11 is 0. The van der Waals surface area contributed by atoms with E-state index in [1.54, 1.807) is 0 Å². The third kappa shape index (κ3) is 4.53. The second-order valence-electron chi connectivity index (χ2n) is 9.45. The van der Waals surface area contributed by atoms with Gasteiger partial charge in [0.1, 0.15) is 11.9 Å². The molecule has 1 saturated heterocycles. The highest BCUT2D eigenvalue weighted by molar-refractivity contribution is 5.59. The maximum Gasteiger partial charge on any atom is 0.143 e. The fourth-order valence-electron chi connectivity index (χ4n) is 5.03. The highest BCUT2D eigenvalue weighted by atomic mass is 16.5. The summed E-state index contributed by atoms with van der Waals surface area (Å²) in [6, 6.07) is 17.8. The first-order valence-electron chi connectivity index (χ1n) is 12.3. The SMILES string of the molecule is CCCCc1ccc(-c2cn3c(n2)C(OC2CCN(C)CC2)c2ccccc2CC3)cc1. The molecule has 0 spiro atoms. The van der Waals surface area contributed by atoms with Crippen molar-refractivity contribution >= 4 is 0 Å². The first kappa shape index (κ1) is 21.4. The number of aromatic nitrogens is 2. The van der Waals surface area contributed by atoms with Crippen LogP contribution in [0.25, 0.3) is 11.3 Å². The standard InChI is InChI=1S/C28H35N3O/c1-3-4-7-21-10-12-23(13-11-21)26-20-31-19-14-22-8-5-6-9-25(22)27(28(31)29-26)32-24-15-17-30(2)18-16-24/h5-6,8-13,20,24,27H,3-4,7,14-19H2,1-2H3. The van der Waals surface area contributed by atoms with Gasteiger partial charge in [-0.1, -0.05) is 61.9 Å². The molecule has 2 aliphatic rings. The lowest BCUT2D eigenvalue weighted by Gasteiger charge is -2.32. The Morgan fingerprint density at radius 2 is 1.78 bits per heavy atom. The Balaban J connectivity index is 1.45. The zero-order valence-electron chi connectivity index (χ0n) is 19.5. The molecule has 5 rings (SSSR count). The van der Waals surface area contributed by atoms with Crippen LogP contribution < -0.4 is 0 Å². The number of hydrogen-bond acceptors (Lipinski definition) is 3. The van der Waals surface area contributed by atoms with E-state index in [1.165, 1.54) is 35.1 Å². The van der Waals surface area contributed by atoms with Crippen LogP contribution in [0.2, 0.25) is 0 Å². The number of aryl methyl sites for hydroxylation is 3. The number of benzene rings is 2. The van der Waals surface area contributed by atoms with Crippen molar-refractivity contribution in [3.63, 3.8) is 0 Å². The molecule has 4 heteroatoms. The van der Waals surface area contributed by atoms with Crippen LogP contribution in [-0.4, -0.2) is 40.7 Å². The molecule has 4 nitrogen and oxygen atoms in total. The molecule has 3 aromatic rings. The van der Waals surface area contributed by atoms with Crippen molar-refractivity contribution in [1.82, 2.24) is 14.5 Å². The fourth-order valence-corrected chi connectivity index (χ4v) is 5.03. The van der Waals surface area contributed by atoms with E-state index in [4.69, 9.17) is 9.72 Å². The van der Waals surface area contributed by atoms with Crippen LogP contribution in [-0.2, 0) is 24.1 Å². The Kier molecular flexibility index (Phi) is 6.42. The summed E-state index contributed by atoms with van der Waals surface area (Å²) in [5.74, 6) is 1.05. The predicted octanol–water partition coefficient (Wildman–Crippen LogP) is 5.65. The largest absolute Gasteiger partial charge is 0.362 e. The van der Waals surface area contributed by atoms with Gasteiger partial charge in [-0.05, 0) is 55.8 Å². The maximum absolute atomic E-state index is 6.82. The Hall–Kier alpha value is -2.43. The van der Waals surface area contributed by atoms with Crippen molar-refractivity contribution in [3.05, 3.63) is 77.2 Å². The van der Waals surface area contributed by atoms with Crippen LogP contribution in [0.1, 0.15) is 61.2 Å². The summed E-state index contributed by atoms with van der Waals surface area (Å²) in [4.78, 5) is 7.55. The van der Waals surface area contributed by atoms with Crippen molar-refractivity contribution in [2.75, 3.05) is 20.1 Å². The summed E-state index contributed by atoms with van der Waals surface area (Å²) in [6.07, 6.45) is 9.23. The molecule has 1 aromatic heterocycles. The summed E-state index contributed by atoms with van der Waals surface area (Å²) in [5.41, 5.74) is 6.33. The average molecular weight is 430 g/mol. The van der Waals surface area contributed by atoms with Crippen molar-refractivity contribution in [2.45, 2.75) is 64.2 Å². The van der Waals surface area contributed by atoms with Crippen LogP contribution in [0.4, 0.5) is 0 Å². The van der Waals surface area contributed by atoms with Gasteiger partial charge in [0, 0.05) is 31.4 Å². The fraction of sp³-hybridized carbons (Fsp3) is 0.464. The van der Waals surface area contributed by atoms with Crippen LogP contribution in [0.3, 0.4) is 0 Å². The number of unbranched alkanes of at least 4 members (excludes halogenated alkanes) is 1. The van der Waals surface area contributed by atoms with E-state index >= 15 is 0 Å². The Morgan fingerprint density at radius 1 is 1.00 bits per heavy atom. The van der Waals surface area contributed by atoms with E-state index < -0.39 is 0 Å². The zero-order chi connectivity index (χ0) is 21.9. The van der Waals surface area contributed by atoms with Gasteiger partial charge in [0.25, 0.3) is 0 Å². The predicted molar refractivity (Wildman–Crippen MR) is 130 cm³/mol. The van der Waals surface area contributed by atoms with Gasteiger partial charge in [-0.2, -0.15) is 0 Å². The van der Waals surface area contributed by atoms with Gasteiger partial charge in [-0.25, -0.2) is 4.98 Å². The number of rotatable bonds is 6. The summed E-state index contributed by atoms with van der Waals surface area (Å²) in [6.45, 7) is 5.39. The van der Waals surface area contributed by atoms with Crippen molar-refractivity contribution in [2.24, 2.45) is 0 Å². The molecule has 2 aromatic carbocycles. The number of likely N-dealkylation sites (tertiary alicyclic amines) is 1. The van der Waals surface area contributed by atoms with E-state index in [0.29, 0.717) is 0 Å². The number of imidazole rings is 1. The number of fused-ring (bicyclic) bond motifs is 2. The first-order chi connectivity index (χ1) is 15.7. The number of piperidine rings is 1. The molecule has 1 unspecified atom stereocenters. The van der Waals surface area contributed by atoms with Gasteiger partial charge in [0.2, 0.25) is 0 Å². The molecular weight excluding hydrogens is 394 g/mol. The third-order valence-corrected chi connectivity index (χ3v) is 7.06. The minimum absolute atomic E-state index is 0.0975. The molecular formula is C28H35N3O. The van der Waals surface area contributed by atoms with Gasteiger partial charge < -0.3 is 14.2 Å². The van der Waals surface area contributed by atoms with E-state index in [2.05, 4.69) is 78.2 Å². The van der Waals surface area contributed by atoms with Gasteiger partial charge in [-0.15, -0.1) is 0 Å². The lowest BCUT2D eigenvalue weighted by molar-refractivity contribution is -0.0275. The maximum atomic E-state index is 6.82. The lowest BCUT2D eigenvalue weighted by Crippen LogP contribution is -2.35. The Bertz CT molecular complexity index is 1030. The molecule has 1 fully saturated rings. The van der Waals surface area contributed by atoms with E-state index in [1.807, 2.05) is 0 Å². The van der Waals surface area contributed by atoms with Crippen LogP contribution in [0.5, 0.6) is 0 Å². The quantitative estimate of drug-likeness (QED) is 0.507. The molecule has 3 heterocycles. The first-order valence-corrected chi connectivity index (χ1v) is 12.3. The van der Waals surface area contributed by atoms with Crippen molar-refractivity contribution in [1.29, 1.82) is 0 Å². The molecule has 2 aliphatic heterocycles. The summed E-state index contributed by atoms with van der Waals surface area (Å²) in [7, 11) is 2.20. The average Bonchev–Trinajstić information content (AvgIpc) is 3.20. The summed E-state index contributed by atoms with van der Waals surface area (Å²) < 4.78 is 9.15. The normalized spacial score (nSPS) is 19.4. The zero-order valence-corrected chi connectivity index (χ0v) is 19.5. The Morgan fingerprint density at radius 3 is 2.56 bits per heavy atom. The molecule has 0 radical (unpaired) electrons. The lowest BCUT2D eigenvalue weighted by atomic mass is 10.00. The van der Waals surface area contributed by atoms with E-state index in [0.717, 1.165) is 56.8 Å². The van der Waals surface area contributed by atoms with Crippen molar-refractivity contribution in [3.8, 4) is 11.3 Å². The minimum atomic E-state index is -0.0975. The summed E-state index contributed by atoms with van der Waals surface area (Å²) in [5, 5.41) is 0. The molecule has 0 aliphatic carbocycles. The van der Waals surface area contributed by atoms with Crippen molar-refractivity contribution < 1.29 is 4.74 Å². The smallest absolute Gasteiger partial charge is 0.143 e. The third-order valence-electron chi connectivity index (χ3n) is 7.06. The topological polar surface area (TPSA) is 30.3 Å². The molecule has 0 amide bonds. The molecule has 0 saturated carbocycles.